The van der Waals surface area contributed by atoms with Gasteiger partial charge in [0.05, 0.1) is 5.56 Å². The molecule has 3 atom stereocenters. The second-order valence-corrected chi connectivity index (χ2v) is 3.85. The fraction of sp³-hybridized carbons (Fsp3) is 0.417. The lowest BCUT2D eigenvalue weighted by Gasteiger charge is -2.12. The Morgan fingerprint density at radius 3 is 2.76 bits per heavy atom. The Kier molecular flexibility index (Phi) is 3.71. The molecule has 0 bridgehead atoms. The first-order valence-corrected chi connectivity index (χ1v) is 5.36. The van der Waals surface area contributed by atoms with Crippen molar-refractivity contribution < 1.29 is 23.8 Å². The van der Waals surface area contributed by atoms with E-state index >= 15 is 0 Å². The minimum absolute atomic E-state index is 0.0758. The number of ether oxygens (including phenoxy) is 2. The van der Waals surface area contributed by atoms with Crippen molar-refractivity contribution in [3.63, 3.8) is 0 Å². The minimum Gasteiger partial charge on any atom is -0.459 e. The molecule has 0 amide bonds. The Bertz CT molecular complexity index is 381. The average molecular weight is 240 g/mol. The summed E-state index contributed by atoms with van der Waals surface area (Å²) in [6.07, 6.45) is -3.36. The van der Waals surface area contributed by atoms with Crippen LogP contribution in [0.2, 0.25) is 0 Å². The molecule has 0 radical (unpaired) electrons. The SMILES string of the molecule is O=C(OC[C@H]1O[C@@H](O)C[C@H]1F)c1ccccc1. The van der Waals surface area contributed by atoms with Gasteiger partial charge in [-0.2, -0.15) is 0 Å². The predicted octanol–water partition coefficient (Wildman–Crippen LogP) is 1.29. The Morgan fingerprint density at radius 2 is 2.18 bits per heavy atom. The van der Waals surface area contributed by atoms with Crippen molar-refractivity contribution in [2.75, 3.05) is 6.61 Å². The van der Waals surface area contributed by atoms with E-state index in [0.717, 1.165) is 0 Å². The number of esters is 1. The number of alkyl halides is 1. The van der Waals surface area contributed by atoms with Crippen LogP contribution in [0, 0.1) is 0 Å². The summed E-state index contributed by atoms with van der Waals surface area (Å²) in [5.41, 5.74) is 0.404. The van der Waals surface area contributed by atoms with Crippen molar-refractivity contribution in [1.82, 2.24) is 0 Å². The molecule has 1 N–H and O–H groups in total. The lowest BCUT2D eigenvalue weighted by molar-refractivity contribution is -0.106. The summed E-state index contributed by atoms with van der Waals surface area (Å²) in [4.78, 5) is 11.5. The van der Waals surface area contributed by atoms with Crippen LogP contribution < -0.4 is 0 Å². The second-order valence-electron chi connectivity index (χ2n) is 3.85. The highest BCUT2D eigenvalue weighted by Crippen LogP contribution is 2.22. The van der Waals surface area contributed by atoms with Gasteiger partial charge in [0.25, 0.3) is 0 Å². The van der Waals surface area contributed by atoms with Gasteiger partial charge >= 0.3 is 5.97 Å². The predicted molar refractivity (Wildman–Crippen MR) is 57.1 cm³/mol. The van der Waals surface area contributed by atoms with Crippen molar-refractivity contribution in [3.8, 4) is 0 Å². The second kappa shape index (κ2) is 5.25. The van der Waals surface area contributed by atoms with E-state index in [4.69, 9.17) is 14.6 Å². The first kappa shape index (κ1) is 12.0. The summed E-state index contributed by atoms with van der Waals surface area (Å²) in [5, 5.41) is 9.05. The number of benzene rings is 1. The van der Waals surface area contributed by atoms with Crippen LogP contribution in [0.25, 0.3) is 0 Å². The average Bonchev–Trinajstić information content (AvgIpc) is 2.66. The molecule has 2 rings (SSSR count). The molecule has 1 heterocycles. The summed E-state index contributed by atoms with van der Waals surface area (Å²) in [5.74, 6) is -0.525. The number of carbonyl (C=O) groups is 1. The van der Waals surface area contributed by atoms with E-state index in [-0.39, 0.29) is 13.0 Å². The van der Waals surface area contributed by atoms with Gasteiger partial charge in [-0.05, 0) is 12.1 Å². The van der Waals surface area contributed by atoms with Gasteiger partial charge in [-0.1, -0.05) is 18.2 Å². The van der Waals surface area contributed by atoms with Crippen molar-refractivity contribution >= 4 is 5.97 Å². The van der Waals surface area contributed by atoms with Crippen LogP contribution in [0.5, 0.6) is 0 Å². The topological polar surface area (TPSA) is 55.8 Å². The monoisotopic (exact) mass is 240 g/mol. The molecule has 17 heavy (non-hydrogen) atoms. The molecular formula is C12H13FO4. The van der Waals surface area contributed by atoms with Gasteiger partial charge in [-0.3, -0.25) is 0 Å². The molecule has 1 saturated heterocycles. The Morgan fingerprint density at radius 1 is 1.47 bits per heavy atom. The molecule has 0 aliphatic carbocycles. The Hall–Kier alpha value is -1.46. The van der Waals surface area contributed by atoms with Gasteiger partial charge in [0.15, 0.2) is 6.29 Å². The van der Waals surface area contributed by atoms with Gasteiger partial charge in [0.2, 0.25) is 0 Å². The van der Waals surface area contributed by atoms with Crippen LogP contribution in [0.4, 0.5) is 4.39 Å². The van der Waals surface area contributed by atoms with Crippen LogP contribution in [0.15, 0.2) is 30.3 Å². The highest BCUT2D eigenvalue weighted by Gasteiger charge is 2.35. The zero-order valence-electron chi connectivity index (χ0n) is 9.08. The first-order valence-electron chi connectivity index (χ1n) is 5.36. The molecule has 1 aliphatic rings. The molecular weight excluding hydrogens is 227 g/mol. The summed E-state index contributed by atoms with van der Waals surface area (Å²) in [7, 11) is 0. The number of hydrogen-bond acceptors (Lipinski definition) is 4. The summed E-state index contributed by atoms with van der Waals surface area (Å²) in [6.45, 7) is -0.189. The fourth-order valence-corrected chi connectivity index (χ4v) is 1.65. The zero-order chi connectivity index (χ0) is 12.3. The maximum Gasteiger partial charge on any atom is 0.338 e. The van der Waals surface area contributed by atoms with Gasteiger partial charge < -0.3 is 14.6 Å². The number of aliphatic hydroxyl groups excluding tert-OH is 1. The van der Waals surface area contributed by atoms with Crippen LogP contribution >= 0.6 is 0 Å². The van der Waals surface area contributed by atoms with Gasteiger partial charge in [-0.25, -0.2) is 9.18 Å². The summed E-state index contributed by atoms with van der Waals surface area (Å²) >= 11 is 0. The third-order valence-electron chi connectivity index (χ3n) is 2.55. The van der Waals surface area contributed by atoms with E-state index in [2.05, 4.69) is 0 Å². The van der Waals surface area contributed by atoms with Crippen LogP contribution in [-0.2, 0) is 9.47 Å². The molecule has 4 nitrogen and oxygen atoms in total. The maximum atomic E-state index is 13.2. The van der Waals surface area contributed by atoms with Crippen molar-refractivity contribution in [3.05, 3.63) is 35.9 Å². The van der Waals surface area contributed by atoms with Gasteiger partial charge in [-0.15, -0.1) is 0 Å². The fourth-order valence-electron chi connectivity index (χ4n) is 1.65. The highest BCUT2D eigenvalue weighted by atomic mass is 19.1. The van der Waals surface area contributed by atoms with Gasteiger partial charge in [0, 0.05) is 6.42 Å². The summed E-state index contributed by atoms with van der Waals surface area (Å²) < 4.78 is 23.0. The van der Waals surface area contributed by atoms with E-state index in [1.165, 1.54) is 0 Å². The van der Waals surface area contributed by atoms with Crippen LogP contribution in [-0.4, -0.2) is 36.2 Å². The smallest absolute Gasteiger partial charge is 0.338 e. The van der Waals surface area contributed by atoms with Gasteiger partial charge in [0.1, 0.15) is 18.9 Å². The third kappa shape index (κ3) is 3.01. The number of aliphatic hydroxyl groups is 1. The zero-order valence-corrected chi connectivity index (χ0v) is 9.08. The van der Waals surface area contributed by atoms with Crippen LogP contribution in [0.3, 0.4) is 0 Å². The third-order valence-corrected chi connectivity index (χ3v) is 2.55. The molecule has 92 valence electrons. The number of hydrogen-bond donors (Lipinski definition) is 1. The molecule has 0 saturated carbocycles. The van der Waals surface area contributed by atoms with Crippen molar-refractivity contribution in [1.29, 1.82) is 0 Å². The maximum absolute atomic E-state index is 13.2. The van der Waals surface area contributed by atoms with Crippen molar-refractivity contribution in [2.45, 2.75) is 25.0 Å². The number of rotatable bonds is 3. The molecule has 0 aromatic heterocycles. The lowest BCUT2D eigenvalue weighted by atomic mass is 10.2. The first-order chi connectivity index (χ1) is 8.16. The molecule has 1 aromatic rings. The quantitative estimate of drug-likeness (QED) is 0.809. The molecule has 1 aliphatic heterocycles. The van der Waals surface area contributed by atoms with E-state index in [1.807, 2.05) is 0 Å². The Balaban J connectivity index is 1.85. The molecule has 1 fully saturated rings. The lowest BCUT2D eigenvalue weighted by Crippen LogP contribution is -2.25. The van der Waals surface area contributed by atoms with Crippen molar-refractivity contribution in [2.24, 2.45) is 0 Å². The van der Waals surface area contributed by atoms with E-state index < -0.39 is 24.5 Å². The van der Waals surface area contributed by atoms with E-state index in [9.17, 15) is 9.18 Å². The van der Waals surface area contributed by atoms with E-state index in [0.29, 0.717) is 5.56 Å². The number of carbonyl (C=O) groups excluding carboxylic acids is 1. The molecule has 5 heteroatoms. The summed E-state index contributed by atoms with van der Waals surface area (Å²) in [6, 6.07) is 8.43. The Labute approximate surface area is 98.0 Å². The standard InChI is InChI=1S/C12H13FO4/c13-9-6-11(14)17-10(9)7-16-12(15)8-4-2-1-3-5-8/h1-5,9-11,14H,6-7H2/t9-,10-,11-/m1/s1. The molecule has 1 aromatic carbocycles. The number of halogens is 1. The highest BCUT2D eigenvalue weighted by molar-refractivity contribution is 5.89. The van der Waals surface area contributed by atoms with Crippen LogP contribution in [0.1, 0.15) is 16.8 Å². The largest absolute Gasteiger partial charge is 0.459 e. The molecule has 0 spiro atoms. The minimum atomic E-state index is -1.30. The normalized spacial score (nSPS) is 28.0. The van der Waals surface area contributed by atoms with E-state index in [1.54, 1.807) is 30.3 Å². The molecule has 0 unspecified atom stereocenters.